The van der Waals surface area contributed by atoms with Crippen LogP contribution in [-0.2, 0) is 11.2 Å². The lowest BCUT2D eigenvalue weighted by Gasteiger charge is -2.32. The first-order chi connectivity index (χ1) is 10.1. The van der Waals surface area contributed by atoms with Crippen LogP contribution in [0, 0.1) is 5.92 Å². The smallest absolute Gasteiger partial charge is 0.224 e. The second-order valence-corrected chi connectivity index (χ2v) is 5.98. The molecule has 1 heterocycles. The molecule has 2 aromatic rings. The van der Waals surface area contributed by atoms with Gasteiger partial charge in [-0.25, -0.2) is 0 Å². The number of phenolic OH excluding ortho intramolecular Hbond substituents is 1. The Balaban J connectivity index is 2.07. The van der Waals surface area contributed by atoms with Crippen LogP contribution >= 0.6 is 15.9 Å². The van der Waals surface area contributed by atoms with E-state index in [1.807, 2.05) is 24.3 Å². The molecule has 5 heteroatoms. The van der Waals surface area contributed by atoms with Crippen molar-refractivity contribution in [3.05, 3.63) is 58.1 Å². The van der Waals surface area contributed by atoms with Crippen molar-refractivity contribution in [1.82, 2.24) is 0 Å². The Labute approximate surface area is 130 Å². The van der Waals surface area contributed by atoms with Gasteiger partial charge in [-0.15, -0.1) is 0 Å². The summed E-state index contributed by atoms with van der Waals surface area (Å²) in [5.74, 6) is -0.137. The van der Waals surface area contributed by atoms with Crippen LogP contribution in [0.2, 0.25) is 0 Å². The van der Waals surface area contributed by atoms with Crippen molar-refractivity contribution < 1.29 is 14.6 Å². The number of fused-ring (bicyclic) bond motifs is 1. The first-order valence-electron chi connectivity index (χ1n) is 6.58. The molecule has 2 aromatic carbocycles. The second kappa shape index (κ2) is 5.41. The zero-order valence-electron chi connectivity index (χ0n) is 11.1. The number of halogens is 1. The van der Waals surface area contributed by atoms with Crippen LogP contribution in [-0.4, -0.2) is 11.0 Å². The van der Waals surface area contributed by atoms with Gasteiger partial charge in [-0.2, -0.15) is 0 Å². The standard InChI is InChI=1S/C16H14BrNO3/c17-10-5-6-13(19)11(8-10)15-12(16(18)20)7-9-3-1-2-4-14(9)21-15/h1-6,8,12,15,19H,7H2,(H2,18,20). The number of aromatic hydroxyl groups is 1. The summed E-state index contributed by atoms with van der Waals surface area (Å²) in [5.41, 5.74) is 7.04. The number of carbonyl (C=O) groups excluding carboxylic acids is 1. The van der Waals surface area contributed by atoms with Crippen LogP contribution in [0.5, 0.6) is 11.5 Å². The maximum atomic E-state index is 11.8. The van der Waals surface area contributed by atoms with E-state index >= 15 is 0 Å². The molecule has 0 fully saturated rings. The molecular weight excluding hydrogens is 334 g/mol. The Kier molecular flexibility index (Phi) is 3.59. The van der Waals surface area contributed by atoms with Gasteiger partial charge in [0, 0.05) is 10.0 Å². The Morgan fingerprint density at radius 3 is 2.81 bits per heavy atom. The molecule has 3 rings (SSSR count). The zero-order valence-corrected chi connectivity index (χ0v) is 12.7. The van der Waals surface area contributed by atoms with Gasteiger partial charge in [-0.05, 0) is 36.2 Å². The molecule has 0 spiro atoms. The predicted molar refractivity (Wildman–Crippen MR) is 82.0 cm³/mol. The molecule has 0 saturated carbocycles. The van der Waals surface area contributed by atoms with E-state index in [0.717, 1.165) is 15.8 Å². The van der Waals surface area contributed by atoms with Gasteiger partial charge < -0.3 is 15.6 Å². The topological polar surface area (TPSA) is 72.6 Å². The largest absolute Gasteiger partial charge is 0.508 e. The third kappa shape index (κ3) is 2.61. The average molecular weight is 348 g/mol. The number of nitrogens with two attached hydrogens (primary N) is 1. The molecule has 2 atom stereocenters. The van der Waals surface area contributed by atoms with E-state index in [2.05, 4.69) is 15.9 Å². The van der Waals surface area contributed by atoms with E-state index in [0.29, 0.717) is 12.0 Å². The van der Waals surface area contributed by atoms with E-state index in [-0.39, 0.29) is 5.75 Å². The average Bonchev–Trinajstić information content (AvgIpc) is 2.48. The van der Waals surface area contributed by atoms with Gasteiger partial charge in [0.2, 0.25) is 5.91 Å². The third-order valence-electron chi connectivity index (χ3n) is 3.69. The highest BCUT2D eigenvalue weighted by atomic mass is 79.9. The fourth-order valence-electron chi connectivity index (χ4n) is 2.63. The number of primary amides is 1. The monoisotopic (exact) mass is 347 g/mol. The van der Waals surface area contributed by atoms with E-state index in [1.165, 1.54) is 0 Å². The third-order valence-corrected chi connectivity index (χ3v) is 4.19. The summed E-state index contributed by atoms with van der Waals surface area (Å²) in [6.07, 6.45) is -0.0859. The molecule has 108 valence electrons. The van der Waals surface area contributed by atoms with Crippen LogP contribution < -0.4 is 10.5 Å². The van der Waals surface area contributed by atoms with Crippen LogP contribution in [0.1, 0.15) is 17.2 Å². The lowest BCUT2D eigenvalue weighted by atomic mass is 9.86. The normalized spacial score (nSPS) is 20.4. The predicted octanol–water partition coefficient (Wildman–Crippen LogP) is 2.93. The van der Waals surface area contributed by atoms with E-state index < -0.39 is 17.9 Å². The van der Waals surface area contributed by atoms with E-state index in [1.54, 1.807) is 18.2 Å². The lowest BCUT2D eigenvalue weighted by molar-refractivity contribution is -0.125. The zero-order chi connectivity index (χ0) is 15.0. The van der Waals surface area contributed by atoms with Gasteiger partial charge in [0.15, 0.2) is 0 Å². The molecule has 0 saturated heterocycles. The van der Waals surface area contributed by atoms with Gasteiger partial charge >= 0.3 is 0 Å². The molecule has 0 radical (unpaired) electrons. The number of phenols is 1. The maximum absolute atomic E-state index is 11.8. The van der Waals surface area contributed by atoms with Crippen molar-refractivity contribution in [2.24, 2.45) is 11.7 Å². The number of para-hydroxylation sites is 1. The Bertz CT molecular complexity index is 702. The molecule has 0 bridgehead atoms. The summed E-state index contributed by atoms with van der Waals surface area (Å²) in [6.45, 7) is 0. The van der Waals surface area contributed by atoms with Crippen molar-refractivity contribution in [3.63, 3.8) is 0 Å². The molecule has 1 aliphatic heterocycles. The Morgan fingerprint density at radius 1 is 1.29 bits per heavy atom. The molecule has 0 aromatic heterocycles. The van der Waals surface area contributed by atoms with Gasteiger partial charge in [0.05, 0.1) is 5.92 Å². The maximum Gasteiger partial charge on any atom is 0.224 e. The van der Waals surface area contributed by atoms with Crippen LogP contribution in [0.3, 0.4) is 0 Å². The highest BCUT2D eigenvalue weighted by molar-refractivity contribution is 9.10. The van der Waals surface area contributed by atoms with Crippen molar-refractivity contribution in [2.75, 3.05) is 0 Å². The number of hydrogen-bond acceptors (Lipinski definition) is 3. The summed E-state index contributed by atoms with van der Waals surface area (Å²) in [4.78, 5) is 11.8. The summed E-state index contributed by atoms with van der Waals surface area (Å²) < 4.78 is 6.75. The lowest BCUT2D eigenvalue weighted by Crippen LogP contribution is -2.36. The molecule has 4 nitrogen and oxygen atoms in total. The molecule has 1 amide bonds. The van der Waals surface area contributed by atoms with Crippen molar-refractivity contribution in [1.29, 1.82) is 0 Å². The van der Waals surface area contributed by atoms with Crippen molar-refractivity contribution in [3.8, 4) is 11.5 Å². The molecule has 2 unspecified atom stereocenters. The Hall–Kier alpha value is -2.01. The molecule has 3 N–H and O–H groups in total. The molecule has 1 aliphatic rings. The number of ether oxygens (including phenoxy) is 1. The number of rotatable bonds is 2. The first kappa shape index (κ1) is 13.9. The van der Waals surface area contributed by atoms with E-state index in [9.17, 15) is 9.90 Å². The number of amides is 1. The van der Waals surface area contributed by atoms with Crippen LogP contribution in [0.25, 0.3) is 0 Å². The molecular formula is C16H14BrNO3. The summed E-state index contributed by atoms with van der Waals surface area (Å²) in [5, 5.41) is 10.1. The number of benzene rings is 2. The molecule has 0 aliphatic carbocycles. The quantitative estimate of drug-likeness (QED) is 0.877. The minimum absolute atomic E-state index is 0.0915. The summed E-state index contributed by atoms with van der Waals surface area (Å²) in [6, 6.07) is 12.6. The molecule has 21 heavy (non-hydrogen) atoms. The Morgan fingerprint density at radius 2 is 2.05 bits per heavy atom. The van der Waals surface area contributed by atoms with Gasteiger partial charge in [0.1, 0.15) is 17.6 Å². The minimum Gasteiger partial charge on any atom is -0.508 e. The van der Waals surface area contributed by atoms with E-state index in [4.69, 9.17) is 10.5 Å². The van der Waals surface area contributed by atoms with Crippen molar-refractivity contribution >= 4 is 21.8 Å². The van der Waals surface area contributed by atoms with Crippen LogP contribution in [0.4, 0.5) is 0 Å². The SMILES string of the molecule is NC(=O)C1Cc2ccccc2OC1c1cc(Br)ccc1O. The van der Waals surface area contributed by atoms with Gasteiger partial charge in [0.25, 0.3) is 0 Å². The highest BCUT2D eigenvalue weighted by Crippen LogP contribution is 2.41. The van der Waals surface area contributed by atoms with Gasteiger partial charge in [-0.1, -0.05) is 34.1 Å². The number of hydrogen-bond donors (Lipinski definition) is 2. The van der Waals surface area contributed by atoms with Crippen LogP contribution in [0.15, 0.2) is 46.9 Å². The fourth-order valence-corrected chi connectivity index (χ4v) is 3.01. The minimum atomic E-state index is -0.588. The summed E-state index contributed by atoms with van der Waals surface area (Å²) in [7, 11) is 0. The fraction of sp³-hybridized carbons (Fsp3) is 0.188. The number of carbonyl (C=O) groups is 1. The van der Waals surface area contributed by atoms with Gasteiger partial charge in [-0.3, -0.25) is 4.79 Å². The first-order valence-corrected chi connectivity index (χ1v) is 7.38. The summed E-state index contributed by atoms with van der Waals surface area (Å²) >= 11 is 3.37. The van der Waals surface area contributed by atoms with Crippen molar-refractivity contribution in [2.45, 2.75) is 12.5 Å². The highest BCUT2D eigenvalue weighted by Gasteiger charge is 2.36. The second-order valence-electron chi connectivity index (χ2n) is 5.06.